The van der Waals surface area contributed by atoms with Gasteiger partial charge in [-0.25, -0.2) is 0 Å². The number of furan rings is 1. The summed E-state index contributed by atoms with van der Waals surface area (Å²) in [4.78, 5) is 0. The zero-order valence-corrected chi connectivity index (χ0v) is 13.0. The van der Waals surface area contributed by atoms with Gasteiger partial charge in [0.1, 0.15) is 5.76 Å². The number of benzene rings is 1. The van der Waals surface area contributed by atoms with E-state index in [9.17, 15) is 0 Å². The van der Waals surface area contributed by atoms with Crippen LogP contribution in [0.5, 0.6) is 0 Å². The Bertz CT molecular complexity index is 556. The van der Waals surface area contributed by atoms with Gasteiger partial charge in [-0.05, 0) is 44.0 Å². The van der Waals surface area contributed by atoms with Crippen molar-refractivity contribution in [2.75, 3.05) is 6.54 Å². The maximum absolute atomic E-state index is 5.62. The molecule has 0 aliphatic carbocycles. The van der Waals surface area contributed by atoms with Crippen LogP contribution in [0.15, 0.2) is 34.9 Å². The van der Waals surface area contributed by atoms with Gasteiger partial charge in [-0.1, -0.05) is 37.6 Å². The third-order valence-electron chi connectivity index (χ3n) is 3.75. The fourth-order valence-corrected chi connectivity index (χ4v) is 2.72. The van der Waals surface area contributed by atoms with Crippen LogP contribution in [-0.4, -0.2) is 6.54 Å². The second-order valence-electron chi connectivity index (χ2n) is 5.40. The highest BCUT2D eigenvalue weighted by atomic mass is 16.3. The Morgan fingerprint density at radius 1 is 1.10 bits per heavy atom. The third kappa shape index (κ3) is 3.13. The molecule has 0 amide bonds. The van der Waals surface area contributed by atoms with Gasteiger partial charge in [-0.2, -0.15) is 0 Å². The van der Waals surface area contributed by atoms with Gasteiger partial charge in [0.2, 0.25) is 0 Å². The molecule has 0 radical (unpaired) electrons. The van der Waals surface area contributed by atoms with Crippen molar-refractivity contribution in [3.63, 3.8) is 0 Å². The monoisotopic (exact) mass is 271 g/mol. The number of rotatable bonds is 6. The summed E-state index contributed by atoms with van der Waals surface area (Å²) in [5.41, 5.74) is 5.26. The fourth-order valence-electron chi connectivity index (χ4n) is 2.72. The maximum Gasteiger partial charge on any atom is 0.108 e. The summed E-state index contributed by atoms with van der Waals surface area (Å²) in [7, 11) is 0. The van der Waals surface area contributed by atoms with Crippen LogP contribution in [0.1, 0.15) is 54.3 Å². The molecule has 0 fully saturated rings. The standard InChI is InChI=1S/C18H25NO/c1-5-10-19-18(16-9-11-20-17(16)6-2)15-8-7-13(3)12-14(15)4/h7-9,11-12,18-19H,5-6,10H2,1-4H3. The predicted molar refractivity (Wildman–Crippen MR) is 84.1 cm³/mol. The van der Waals surface area contributed by atoms with Gasteiger partial charge < -0.3 is 9.73 Å². The first-order valence-corrected chi connectivity index (χ1v) is 7.54. The molecule has 0 saturated carbocycles. The highest BCUT2D eigenvalue weighted by Gasteiger charge is 2.19. The smallest absolute Gasteiger partial charge is 0.108 e. The highest BCUT2D eigenvalue weighted by Crippen LogP contribution is 2.29. The van der Waals surface area contributed by atoms with Crippen molar-refractivity contribution in [1.29, 1.82) is 0 Å². The average molecular weight is 271 g/mol. The first-order valence-electron chi connectivity index (χ1n) is 7.54. The van der Waals surface area contributed by atoms with Crippen molar-refractivity contribution in [3.8, 4) is 0 Å². The van der Waals surface area contributed by atoms with Gasteiger partial charge >= 0.3 is 0 Å². The molecule has 0 aliphatic rings. The number of aryl methyl sites for hydroxylation is 3. The molecule has 0 bridgehead atoms. The molecule has 1 aromatic heterocycles. The first-order chi connectivity index (χ1) is 9.67. The highest BCUT2D eigenvalue weighted by molar-refractivity contribution is 5.39. The second kappa shape index (κ2) is 6.76. The van der Waals surface area contributed by atoms with E-state index in [-0.39, 0.29) is 6.04 Å². The van der Waals surface area contributed by atoms with Crippen LogP contribution in [0.2, 0.25) is 0 Å². The molecule has 1 aromatic carbocycles. The van der Waals surface area contributed by atoms with Gasteiger partial charge in [-0.3, -0.25) is 0 Å². The van der Waals surface area contributed by atoms with Gasteiger partial charge in [-0.15, -0.1) is 0 Å². The van der Waals surface area contributed by atoms with Crippen molar-refractivity contribution in [3.05, 3.63) is 58.5 Å². The minimum Gasteiger partial charge on any atom is -0.469 e. The molecule has 1 N–H and O–H groups in total. The molecule has 1 unspecified atom stereocenters. The molecule has 1 atom stereocenters. The zero-order chi connectivity index (χ0) is 14.5. The maximum atomic E-state index is 5.62. The largest absolute Gasteiger partial charge is 0.469 e. The number of nitrogens with one attached hydrogen (secondary N) is 1. The average Bonchev–Trinajstić information content (AvgIpc) is 2.89. The quantitative estimate of drug-likeness (QED) is 0.834. The molecule has 0 aliphatic heterocycles. The van der Waals surface area contributed by atoms with E-state index in [2.05, 4.69) is 57.3 Å². The summed E-state index contributed by atoms with van der Waals surface area (Å²) >= 11 is 0. The van der Waals surface area contributed by atoms with E-state index in [1.165, 1.54) is 22.3 Å². The lowest BCUT2D eigenvalue weighted by molar-refractivity contribution is 0.499. The van der Waals surface area contributed by atoms with Crippen molar-refractivity contribution in [2.24, 2.45) is 0 Å². The van der Waals surface area contributed by atoms with E-state index in [0.717, 1.165) is 25.1 Å². The lowest BCUT2D eigenvalue weighted by Crippen LogP contribution is -2.24. The normalized spacial score (nSPS) is 12.6. The van der Waals surface area contributed by atoms with Crippen LogP contribution in [0.4, 0.5) is 0 Å². The van der Waals surface area contributed by atoms with Crippen LogP contribution < -0.4 is 5.32 Å². The Morgan fingerprint density at radius 2 is 1.90 bits per heavy atom. The topological polar surface area (TPSA) is 25.2 Å². The first kappa shape index (κ1) is 14.9. The summed E-state index contributed by atoms with van der Waals surface area (Å²) in [6, 6.07) is 9.01. The molecular formula is C18H25NO. The van der Waals surface area contributed by atoms with Crippen LogP contribution in [0.25, 0.3) is 0 Å². The molecule has 0 saturated heterocycles. The van der Waals surface area contributed by atoms with Gasteiger partial charge in [0.25, 0.3) is 0 Å². The SMILES string of the molecule is CCCNC(c1ccc(C)cc1C)c1ccoc1CC. The second-order valence-corrected chi connectivity index (χ2v) is 5.40. The van der Waals surface area contributed by atoms with Crippen LogP contribution in [-0.2, 0) is 6.42 Å². The molecule has 1 heterocycles. The summed E-state index contributed by atoms with van der Waals surface area (Å²) in [5, 5.41) is 3.66. The molecule has 20 heavy (non-hydrogen) atoms. The Kier molecular flexibility index (Phi) is 5.02. The molecular weight excluding hydrogens is 246 g/mol. The fraction of sp³-hybridized carbons (Fsp3) is 0.444. The van der Waals surface area contributed by atoms with Crippen molar-refractivity contribution in [2.45, 2.75) is 46.6 Å². The lowest BCUT2D eigenvalue weighted by atomic mass is 9.93. The van der Waals surface area contributed by atoms with E-state index in [0.29, 0.717) is 0 Å². The van der Waals surface area contributed by atoms with Crippen LogP contribution in [0, 0.1) is 13.8 Å². The number of hydrogen-bond acceptors (Lipinski definition) is 2. The van der Waals surface area contributed by atoms with Gasteiger partial charge in [0.05, 0.1) is 12.3 Å². The van der Waals surface area contributed by atoms with E-state index in [4.69, 9.17) is 4.42 Å². The lowest BCUT2D eigenvalue weighted by Gasteiger charge is -2.21. The van der Waals surface area contributed by atoms with Crippen molar-refractivity contribution in [1.82, 2.24) is 5.32 Å². The molecule has 2 aromatic rings. The van der Waals surface area contributed by atoms with E-state index in [1.807, 2.05) is 0 Å². The summed E-state index contributed by atoms with van der Waals surface area (Å²) in [6.45, 7) is 9.67. The Labute approximate surface area is 122 Å². The summed E-state index contributed by atoms with van der Waals surface area (Å²) < 4.78 is 5.62. The van der Waals surface area contributed by atoms with E-state index < -0.39 is 0 Å². The van der Waals surface area contributed by atoms with E-state index >= 15 is 0 Å². The Balaban J connectivity index is 2.41. The van der Waals surface area contributed by atoms with Crippen LogP contribution in [0.3, 0.4) is 0 Å². The molecule has 0 spiro atoms. The Hall–Kier alpha value is -1.54. The number of hydrogen-bond donors (Lipinski definition) is 1. The summed E-state index contributed by atoms with van der Waals surface area (Å²) in [5.74, 6) is 1.08. The molecule has 2 nitrogen and oxygen atoms in total. The van der Waals surface area contributed by atoms with Crippen LogP contribution >= 0.6 is 0 Å². The predicted octanol–water partition coefficient (Wildman–Crippen LogP) is 4.55. The van der Waals surface area contributed by atoms with Gasteiger partial charge in [0, 0.05) is 12.0 Å². The van der Waals surface area contributed by atoms with Gasteiger partial charge in [0.15, 0.2) is 0 Å². The minimum absolute atomic E-state index is 0.226. The zero-order valence-electron chi connectivity index (χ0n) is 13.0. The molecule has 2 rings (SSSR count). The molecule has 108 valence electrons. The van der Waals surface area contributed by atoms with Crippen molar-refractivity contribution < 1.29 is 4.42 Å². The van der Waals surface area contributed by atoms with Crippen molar-refractivity contribution >= 4 is 0 Å². The third-order valence-corrected chi connectivity index (χ3v) is 3.75. The van der Waals surface area contributed by atoms with E-state index in [1.54, 1.807) is 6.26 Å². The minimum atomic E-state index is 0.226. The Morgan fingerprint density at radius 3 is 2.55 bits per heavy atom. The summed E-state index contributed by atoms with van der Waals surface area (Å²) in [6.07, 6.45) is 3.86. The molecule has 2 heteroatoms.